The maximum atomic E-state index is 12.1. The molecule has 0 unspecified atom stereocenters. The summed E-state index contributed by atoms with van der Waals surface area (Å²) < 4.78 is 28.5. The number of rotatable bonds is 4. The molecule has 1 N–H and O–H groups in total. The molecule has 6 heteroatoms. The highest BCUT2D eigenvalue weighted by molar-refractivity contribution is 7.91. The van der Waals surface area contributed by atoms with Crippen LogP contribution in [0.15, 0.2) is 24.3 Å². The molecule has 0 bridgehead atoms. The van der Waals surface area contributed by atoms with Crippen LogP contribution >= 0.6 is 0 Å². The summed E-state index contributed by atoms with van der Waals surface area (Å²) >= 11 is 0. The summed E-state index contributed by atoms with van der Waals surface area (Å²) in [6.45, 7) is 8.06. The van der Waals surface area contributed by atoms with Gasteiger partial charge in [0.05, 0.1) is 11.5 Å². The first-order valence-electron chi connectivity index (χ1n) is 7.85. The van der Waals surface area contributed by atoms with E-state index in [0.717, 1.165) is 0 Å². The van der Waals surface area contributed by atoms with Gasteiger partial charge in [-0.2, -0.15) is 0 Å². The first-order valence-corrected chi connectivity index (χ1v) is 9.67. The summed E-state index contributed by atoms with van der Waals surface area (Å²) in [5, 5.41) is 2.75. The SMILES string of the molecule is C[C@@H](Oc1ccc(C(C)(C)C)cc1)C(=O)N[C@@H]1CCS(=O)(=O)C1. The molecule has 1 aromatic carbocycles. The predicted octanol–water partition coefficient (Wildman–Crippen LogP) is 2.05. The molecule has 0 aliphatic carbocycles. The molecule has 1 saturated heterocycles. The van der Waals surface area contributed by atoms with E-state index >= 15 is 0 Å². The largest absolute Gasteiger partial charge is 0.481 e. The predicted molar refractivity (Wildman–Crippen MR) is 90.4 cm³/mol. The maximum absolute atomic E-state index is 12.1. The van der Waals surface area contributed by atoms with Crippen LogP contribution in [-0.4, -0.2) is 38.0 Å². The highest BCUT2D eigenvalue weighted by atomic mass is 32.2. The van der Waals surface area contributed by atoms with Gasteiger partial charge in [-0.25, -0.2) is 8.42 Å². The fraction of sp³-hybridized carbons (Fsp3) is 0.588. The van der Waals surface area contributed by atoms with Gasteiger partial charge in [-0.3, -0.25) is 4.79 Å². The molecule has 128 valence electrons. The number of amides is 1. The van der Waals surface area contributed by atoms with E-state index in [1.54, 1.807) is 6.92 Å². The Kier molecular flexibility index (Phi) is 5.04. The topological polar surface area (TPSA) is 72.5 Å². The van der Waals surface area contributed by atoms with Crippen LogP contribution < -0.4 is 10.1 Å². The van der Waals surface area contributed by atoms with Crippen LogP contribution in [0.1, 0.15) is 39.7 Å². The number of sulfone groups is 1. The van der Waals surface area contributed by atoms with E-state index in [4.69, 9.17) is 4.74 Å². The van der Waals surface area contributed by atoms with E-state index in [-0.39, 0.29) is 28.9 Å². The van der Waals surface area contributed by atoms with Crippen molar-refractivity contribution >= 4 is 15.7 Å². The summed E-state index contributed by atoms with van der Waals surface area (Å²) in [6.07, 6.45) is -0.194. The average molecular weight is 339 g/mol. The van der Waals surface area contributed by atoms with Gasteiger partial charge in [-0.15, -0.1) is 0 Å². The third-order valence-electron chi connectivity index (χ3n) is 3.98. The number of nitrogens with one attached hydrogen (secondary N) is 1. The molecule has 1 heterocycles. The van der Waals surface area contributed by atoms with Gasteiger partial charge in [0.25, 0.3) is 5.91 Å². The van der Waals surface area contributed by atoms with Gasteiger partial charge < -0.3 is 10.1 Å². The Hall–Kier alpha value is -1.56. The summed E-state index contributed by atoms with van der Waals surface area (Å²) in [6, 6.07) is 7.38. The molecule has 0 aromatic heterocycles. The van der Waals surface area contributed by atoms with Crippen molar-refractivity contribution in [1.82, 2.24) is 5.32 Å². The average Bonchev–Trinajstić information content (AvgIpc) is 2.77. The van der Waals surface area contributed by atoms with Gasteiger partial charge in [0, 0.05) is 6.04 Å². The smallest absolute Gasteiger partial charge is 0.261 e. The van der Waals surface area contributed by atoms with E-state index in [0.29, 0.717) is 12.2 Å². The van der Waals surface area contributed by atoms with E-state index in [1.807, 2.05) is 24.3 Å². The number of ether oxygens (including phenoxy) is 1. The summed E-state index contributed by atoms with van der Waals surface area (Å²) in [7, 11) is -3.00. The molecular formula is C17H25NO4S. The molecule has 0 saturated carbocycles. The van der Waals surface area contributed by atoms with Crippen LogP contribution in [0.4, 0.5) is 0 Å². The molecule has 1 aliphatic heterocycles. The van der Waals surface area contributed by atoms with E-state index in [2.05, 4.69) is 26.1 Å². The minimum atomic E-state index is -3.00. The van der Waals surface area contributed by atoms with Gasteiger partial charge in [0.1, 0.15) is 5.75 Å². The Morgan fingerprint density at radius 1 is 1.26 bits per heavy atom. The van der Waals surface area contributed by atoms with Crippen LogP contribution in [0.5, 0.6) is 5.75 Å². The van der Waals surface area contributed by atoms with E-state index < -0.39 is 15.9 Å². The van der Waals surface area contributed by atoms with Gasteiger partial charge in [-0.05, 0) is 36.5 Å². The molecule has 5 nitrogen and oxygen atoms in total. The normalized spacial score (nSPS) is 21.7. The van der Waals surface area contributed by atoms with Gasteiger partial charge >= 0.3 is 0 Å². The molecule has 0 radical (unpaired) electrons. The Bertz CT molecular complexity index is 659. The van der Waals surface area contributed by atoms with Gasteiger partial charge in [0.2, 0.25) is 0 Å². The standard InChI is InChI=1S/C17H25NO4S/c1-12(16(19)18-14-9-10-23(20,21)11-14)22-15-7-5-13(6-8-15)17(2,3)4/h5-8,12,14H,9-11H2,1-4H3,(H,18,19)/t12-,14-/m1/s1. The summed E-state index contributed by atoms with van der Waals surface area (Å²) in [5.74, 6) is 0.499. The van der Waals surface area contributed by atoms with E-state index in [9.17, 15) is 13.2 Å². The minimum Gasteiger partial charge on any atom is -0.481 e. The van der Waals surface area contributed by atoms with Crippen molar-refractivity contribution < 1.29 is 17.9 Å². The van der Waals surface area contributed by atoms with Crippen molar-refractivity contribution in [3.8, 4) is 5.75 Å². The molecule has 1 fully saturated rings. The van der Waals surface area contributed by atoms with Crippen molar-refractivity contribution in [2.45, 2.75) is 51.7 Å². The van der Waals surface area contributed by atoms with Crippen molar-refractivity contribution in [1.29, 1.82) is 0 Å². The van der Waals surface area contributed by atoms with Crippen molar-refractivity contribution in [3.63, 3.8) is 0 Å². The lowest BCUT2D eigenvalue weighted by Crippen LogP contribution is -2.43. The Balaban J connectivity index is 1.91. The molecule has 1 aliphatic rings. The first-order chi connectivity index (χ1) is 10.6. The fourth-order valence-corrected chi connectivity index (χ4v) is 4.19. The highest BCUT2D eigenvalue weighted by Gasteiger charge is 2.30. The molecule has 1 aromatic rings. The number of hydrogen-bond donors (Lipinski definition) is 1. The lowest BCUT2D eigenvalue weighted by atomic mass is 9.87. The second-order valence-corrected chi connectivity index (χ2v) is 9.37. The van der Waals surface area contributed by atoms with Crippen LogP contribution in [0.2, 0.25) is 0 Å². The monoisotopic (exact) mass is 339 g/mol. The molecule has 1 amide bonds. The maximum Gasteiger partial charge on any atom is 0.261 e. The lowest BCUT2D eigenvalue weighted by molar-refractivity contribution is -0.127. The lowest BCUT2D eigenvalue weighted by Gasteiger charge is -2.20. The number of hydrogen-bond acceptors (Lipinski definition) is 4. The van der Waals surface area contributed by atoms with Gasteiger partial charge in [0.15, 0.2) is 15.9 Å². The molecule has 2 rings (SSSR count). The second kappa shape index (κ2) is 6.51. The summed E-state index contributed by atoms with van der Waals surface area (Å²) in [5.41, 5.74) is 1.26. The molecule has 0 spiro atoms. The first kappa shape index (κ1) is 17.8. The quantitative estimate of drug-likeness (QED) is 0.911. The number of benzene rings is 1. The molecule has 2 atom stereocenters. The Morgan fingerprint density at radius 3 is 2.35 bits per heavy atom. The molecule has 23 heavy (non-hydrogen) atoms. The van der Waals surface area contributed by atoms with Gasteiger partial charge in [-0.1, -0.05) is 32.9 Å². The van der Waals surface area contributed by atoms with Crippen LogP contribution in [0, 0.1) is 0 Å². The minimum absolute atomic E-state index is 0.0196. The van der Waals surface area contributed by atoms with Crippen molar-refractivity contribution in [2.24, 2.45) is 0 Å². The zero-order valence-electron chi connectivity index (χ0n) is 14.1. The van der Waals surface area contributed by atoms with Crippen LogP contribution in [-0.2, 0) is 20.0 Å². The third-order valence-corrected chi connectivity index (χ3v) is 5.75. The Morgan fingerprint density at radius 2 is 1.87 bits per heavy atom. The zero-order valence-corrected chi connectivity index (χ0v) is 14.9. The zero-order chi connectivity index (χ0) is 17.3. The summed E-state index contributed by atoms with van der Waals surface area (Å²) in [4.78, 5) is 12.1. The third kappa shape index (κ3) is 4.96. The fourth-order valence-electron chi connectivity index (χ4n) is 2.52. The number of carbonyl (C=O) groups excluding carboxylic acids is 1. The van der Waals surface area contributed by atoms with E-state index in [1.165, 1.54) is 5.56 Å². The van der Waals surface area contributed by atoms with Crippen molar-refractivity contribution in [3.05, 3.63) is 29.8 Å². The van der Waals surface area contributed by atoms with Crippen LogP contribution in [0.25, 0.3) is 0 Å². The van der Waals surface area contributed by atoms with Crippen LogP contribution in [0.3, 0.4) is 0 Å². The van der Waals surface area contributed by atoms with Crippen molar-refractivity contribution in [2.75, 3.05) is 11.5 Å². The Labute approximate surface area is 138 Å². The number of carbonyl (C=O) groups is 1. The highest BCUT2D eigenvalue weighted by Crippen LogP contribution is 2.24. The molecular weight excluding hydrogens is 314 g/mol. The second-order valence-electron chi connectivity index (χ2n) is 7.14.